The first-order chi connectivity index (χ1) is 9.10. The molecule has 0 saturated heterocycles. The number of nitrogens with two attached hydrogens (primary N) is 1. The summed E-state index contributed by atoms with van der Waals surface area (Å²) in [6, 6.07) is 0. The van der Waals surface area contributed by atoms with E-state index in [1.165, 1.54) is 32.1 Å². The lowest BCUT2D eigenvalue weighted by Crippen LogP contribution is -2.61. The van der Waals surface area contributed by atoms with Crippen LogP contribution in [0.3, 0.4) is 0 Å². The van der Waals surface area contributed by atoms with E-state index in [4.69, 9.17) is 10.5 Å². The molecule has 1 rings (SSSR count). The highest BCUT2D eigenvalue weighted by molar-refractivity contribution is 4.99. The minimum absolute atomic E-state index is 0.218. The topological polar surface area (TPSA) is 38.5 Å². The highest BCUT2D eigenvalue weighted by atomic mass is 16.5. The first kappa shape index (κ1) is 16.9. The van der Waals surface area contributed by atoms with Crippen molar-refractivity contribution in [3.63, 3.8) is 0 Å². The third-order valence-corrected chi connectivity index (χ3v) is 4.80. The fourth-order valence-corrected chi connectivity index (χ4v) is 3.83. The van der Waals surface area contributed by atoms with Crippen LogP contribution >= 0.6 is 0 Å². The average molecular weight is 270 g/mol. The smallest absolute Gasteiger partial charge is 0.0589 e. The minimum Gasteiger partial charge on any atom is -0.383 e. The Morgan fingerprint density at radius 2 is 2.11 bits per heavy atom. The highest BCUT2D eigenvalue weighted by Crippen LogP contribution is 2.40. The standard InChI is InChI=1S/C16H34N2O/c1-5-15-8-6-7-9-16(15,13-17)18(10-11-19-4)12-14(2)3/h14-15H,5-13,17H2,1-4H3. The van der Waals surface area contributed by atoms with E-state index in [2.05, 4.69) is 25.7 Å². The highest BCUT2D eigenvalue weighted by Gasteiger charge is 2.43. The first-order valence-corrected chi connectivity index (χ1v) is 8.04. The summed E-state index contributed by atoms with van der Waals surface area (Å²) in [5, 5.41) is 0. The lowest BCUT2D eigenvalue weighted by atomic mass is 9.70. The van der Waals surface area contributed by atoms with Crippen LogP contribution in [0.1, 0.15) is 52.9 Å². The second-order valence-electron chi connectivity index (χ2n) is 6.49. The van der Waals surface area contributed by atoms with E-state index in [1.54, 1.807) is 7.11 Å². The molecule has 0 aliphatic heterocycles. The molecular formula is C16H34N2O. The van der Waals surface area contributed by atoms with Gasteiger partial charge in [-0.15, -0.1) is 0 Å². The molecule has 0 radical (unpaired) electrons. The van der Waals surface area contributed by atoms with Crippen LogP contribution in [0.15, 0.2) is 0 Å². The molecule has 19 heavy (non-hydrogen) atoms. The summed E-state index contributed by atoms with van der Waals surface area (Å²) in [7, 11) is 1.79. The summed E-state index contributed by atoms with van der Waals surface area (Å²) in [5.74, 6) is 1.43. The Labute approximate surface area is 119 Å². The van der Waals surface area contributed by atoms with Crippen molar-refractivity contribution < 1.29 is 4.74 Å². The maximum atomic E-state index is 6.27. The number of nitrogens with zero attached hydrogens (tertiary/aromatic N) is 1. The van der Waals surface area contributed by atoms with Gasteiger partial charge in [0.1, 0.15) is 0 Å². The van der Waals surface area contributed by atoms with Crippen molar-refractivity contribution in [2.45, 2.75) is 58.4 Å². The molecule has 1 saturated carbocycles. The molecule has 0 aromatic rings. The van der Waals surface area contributed by atoms with E-state index < -0.39 is 0 Å². The van der Waals surface area contributed by atoms with Crippen molar-refractivity contribution in [1.82, 2.24) is 4.90 Å². The van der Waals surface area contributed by atoms with E-state index in [9.17, 15) is 0 Å². The van der Waals surface area contributed by atoms with E-state index >= 15 is 0 Å². The Kier molecular flexibility index (Phi) is 7.33. The maximum absolute atomic E-state index is 6.27. The predicted octanol–water partition coefficient (Wildman–Crippen LogP) is 2.89. The molecule has 0 aromatic carbocycles. The van der Waals surface area contributed by atoms with Crippen LogP contribution in [0.4, 0.5) is 0 Å². The zero-order chi connectivity index (χ0) is 14.3. The summed E-state index contributed by atoms with van der Waals surface area (Å²) in [4.78, 5) is 2.65. The van der Waals surface area contributed by atoms with Crippen molar-refractivity contribution in [3.8, 4) is 0 Å². The van der Waals surface area contributed by atoms with Gasteiger partial charge in [0.25, 0.3) is 0 Å². The van der Waals surface area contributed by atoms with Gasteiger partial charge in [-0.05, 0) is 24.7 Å². The third-order valence-electron chi connectivity index (χ3n) is 4.80. The van der Waals surface area contributed by atoms with Gasteiger partial charge in [-0.2, -0.15) is 0 Å². The van der Waals surface area contributed by atoms with Crippen molar-refractivity contribution >= 4 is 0 Å². The number of hydrogen-bond donors (Lipinski definition) is 1. The maximum Gasteiger partial charge on any atom is 0.0589 e. The molecule has 3 heteroatoms. The predicted molar refractivity (Wildman–Crippen MR) is 82.3 cm³/mol. The number of rotatable bonds is 8. The molecule has 0 aromatic heterocycles. The second kappa shape index (κ2) is 8.23. The Morgan fingerprint density at radius 1 is 1.37 bits per heavy atom. The number of methoxy groups -OCH3 is 1. The van der Waals surface area contributed by atoms with Crippen molar-refractivity contribution in [2.75, 3.05) is 33.4 Å². The van der Waals surface area contributed by atoms with Gasteiger partial charge in [0.15, 0.2) is 0 Å². The Hall–Kier alpha value is -0.120. The molecule has 1 aliphatic rings. The van der Waals surface area contributed by atoms with Gasteiger partial charge in [-0.25, -0.2) is 0 Å². The van der Waals surface area contributed by atoms with Gasteiger partial charge in [0, 0.05) is 32.3 Å². The summed E-state index contributed by atoms with van der Waals surface area (Å²) < 4.78 is 5.32. The summed E-state index contributed by atoms with van der Waals surface area (Å²) >= 11 is 0. The summed E-state index contributed by atoms with van der Waals surface area (Å²) in [5.41, 5.74) is 6.49. The van der Waals surface area contributed by atoms with E-state index in [0.717, 1.165) is 32.2 Å². The van der Waals surface area contributed by atoms with Gasteiger partial charge >= 0.3 is 0 Å². The number of ether oxygens (including phenoxy) is 1. The molecule has 2 unspecified atom stereocenters. The van der Waals surface area contributed by atoms with Gasteiger partial charge in [-0.1, -0.05) is 40.0 Å². The SMILES string of the molecule is CCC1CCCCC1(CN)N(CCOC)CC(C)C. The van der Waals surface area contributed by atoms with Gasteiger partial charge in [-0.3, -0.25) is 4.90 Å². The molecule has 1 fully saturated rings. The van der Waals surface area contributed by atoms with Crippen LogP contribution in [0.25, 0.3) is 0 Å². The molecule has 3 nitrogen and oxygen atoms in total. The van der Waals surface area contributed by atoms with Crippen molar-refractivity contribution in [3.05, 3.63) is 0 Å². The molecule has 1 aliphatic carbocycles. The van der Waals surface area contributed by atoms with Crippen LogP contribution in [-0.2, 0) is 4.74 Å². The lowest BCUT2D eigenvalue weighted by Gasteiger charge is -2.51. The monoisotopic (exact) mass is 270 g/mol. The van der Waals surface area contributed by atoms with Crippen LogP contribution < -0.4 is 5.73 Å². The lowest BCUT2D eigenvalue weighted by molar-refractivity contribution is -0.0169. The first-order valence-electron chi connectivity index (χ1n) is 8.04. The largest absolute Gasteiger partial charge is 0.383 e. The molecule has 0 spiro atoms. The molecule has 0 amide bonds. The molecule has 0 heterocycles. The normalized spacial score (nSPS) is 28.3. The van der Waals surface area contributed by atoms with Gasteiger partial charge < -0.3 is 10.5 Å². The van der Waals surface area contributed by atoms with Crippen LogP contribution in [0.2, 0.25) is 0 Å². The Morgan fingerprint density at radius 3 is 2.63 bits per heavy atom. The summed E-state index contributed by atoms with van der Waals surface area (Å²) in [6.45, 7) is 10.7. The van der Waals surface area contributed by atoms with Gasteiger partial charge in [0.2, 0.25) is 0 Å². The van der Waals surface area contributed by atoms with E-state index in [1.807, 2.05) is 0 Å². The third kappa shape index (κ3) is 4.17. The van der Waals surface area contributed by atoms with Crippen LogP contribution in [-0.4, -0.2) is 43.8 Å². The Balaban J connectivity index is 2.89. The molecule has 2 N–H and O–H groups in total. The van der Waals surface area contributed by atoms with Crippen LogP contribution in [0, 0.1) is 11.8 Å². The summed E-state index contributed by atoms with van der Waals surface area (Å²) in [6.07, 6.45) is 6.56. The minimum atomic E-state index is 0.218. The zero-order valence-corrected chi connectivity index (χ0v) is 13.5. The molecule has 114 valence electrons. The van der Waals surface area contributed by atoms with E-state index in [0.29, 0.717) is 5.92 Å². The number of hydrogen-bond acceptors (Lipinski definition) is 3. The second-order valence-corrected chi connectivity index (χ2v) is 6.49. The Bertz CT molecular complexity index is 245. The van der Waals surface area contributed by atoms with Crippen LogP contribution in [0.5, 0.6) is 0 Å². The quantitative estimate of drug-likeness (QED) is 0.737. The zero-order valence-electron chi connectivity index (χ0n) is 13.5. The fourth-order valence-electron chi connectivity index (χ4n) is 3.83. The average Bonchev–Trinajstić information content (AvgIpc) is 2.42. The fraction of sp³-hybridized carbons (Fsp3) is 1.00. The van der Waals surface area contributed by atoms with Crippen molar-refractivity contribution in [1.29, 1.82) is 0 Å². The molecular weight excluding hydrogens is 236 g/mol. The molecule has 0 bridgehead atoms. The van der Waals surface area contributed by atoms with Crippen molar-refractivity contribution in [2.24, 2.45) is 17.6 Å². The van der Waals surface area contributed by atoms with Gasteiger partial charge in [0.05, 0.1) is 6.61 Å². The molecule has 2 atom stereocenters. The van der Waals surface area contributed by atoms with E-state index in [-0.39, 0.29) is 5.54 Å².